The largest absolute Gasteiger partial charge is 0.497 e. The van der Waals surface area contributed by atoms with Gasteiger partial charge in [-0.15, -0.1) is 0 Å². The lowest BCUT2D eigenvalue weighted by Crippen LogP contribution is -2.42. The van der Waals surface area contributed by atoms with E-state index < -0.39 is 6.10 Å². The number of fused-ring (bicyclic) bond motifs is 1. The van der Waals surface area contributed by atoms with E-state index >= 15 is 0 Å². The maximum Gasteiger partial charge on any atom is 0.119 e. The Labute approximate surface area is 204 Å². The molecule has 0 bridgehead atoms. The fourth-order valence-electron chi connectivity index (χ4n) is 4.48. The molecule has 1 atom stereocenters. The van der Waals surface area contributed by atoms with E-state index in [4.69, 9.17) is 16.3 Å². The summed E-state index contributed by atoms with van der Waals surface area (Å²) < 4.78 is 5.35. The predicted molar refractivity (Wildman–Crippen MR) is 134 cm³/mol. The number of aliphatic hydroxyl groups is 2. The van der Waals surface area contributed by atoms with Gasteiger partial charge in [0.2, 0.25) is 0 Å². The quantitative estimate of drug-likeness (QED) is 0.467. The lowest BCUT2D eigenvalue weighted by molar-refractivity contribution is 0.0273. The number of ether oxygens (including phenoxy) is 1. The number of likely N-dealkylation sites (tertiary alicyclic amines) is 1. The summed E-state index contributed by atoms with van der Waals surface area (Å²) in [6, 6.07) is 7.61. The van der Waals surface area contributed by atoms with Crippen molar-refractivity contribution in [1.82, 2.24) is 9.88 Å². The predicted octanol–water partition coefficient (Wildman–Crippen LogP) is 4.90. The van der Waals surface area contributed by atoms with Crippen LogP contribution >= 0.6 is 22.9 Å². The monoisotopic (exact) mass is 484 g/mol. The molecule has 2 aromatic heterocycles. The van der Waals surface area contributed by atoms with Crippen LogP contribution in [0.25, 0.3) is 10.9 Å². The van der Waals surface area contributed by atoms with Crippen molar-refractivity contribution in [2.45, 2.75) is 31.8 Å². The number of aliphatic hydroxyl groups excluding tert-OH is 2. The molecule has 3 heterocycles. The third kappa shape index (κ3) is 5.68. The second-order valence-electron chi connectivity index (χ2n) is 8.71. The van der Waals surface area contributed by atoms with E-state index in [-0.39, 0.29) is 12.0 Å². The van der Waals surface area contributed by atoms with Gasteiger partial charge < -0.3 is 14.9 Å². The summed E-state index contributed by atoms with van der Waals surface area (Å²) >= 11 is 8.11. The van der Waals surface area contributed by atoms with Gasteiger partial charge in [0.15, 0.2) is 0 Å². The van der Waals surface area contributed by atoms with Gasteiger partial charge in [-0.25, -0.2) is 0 Å². The minimum absolute atomic E-state index is 0.118. The van der Waals surface area contributed by atoms with E-state index in [1.54, 1.807) is 24.6 Å². The molecular weight excluding hydrogens is 456 g/mol. The highest BCUT2D eigenvalue weighted by Crippen LogP contribution is 2.40. The van der Waals surface area contributed by atoms with Crippen LogP contribution in [0.4, 0.5) is 0 Å². The van der Waals surface area contributed by atoms with Gasteiger partial charge in [0.25, 0.3) is 0 Å². The molecule has 1 aromatic carbocycles. The van der Waals surface area contributed by atoms with Gasteiger partial charge in [-0.3, -0.25) is 9.88 Å². The summed E-state index contributed by atoms with van der Waals surface area (Å²) in [7, 11) is 1.61. The molecular formula is C26H29ClN2O3S. The summed E-state index contributed by atoms with van der Waals surface area (Å²) in [4.78, 5) is 6.71. The first kappa shape index (κ1) is 24.0. The van der Waals surface area contributed by atoms with Crippen LogP contribution in [0, 0.1) is 17.3 Å². The van der Waals surface area contributed by atoms with Crippen molar-refractivity contribution in [3.05, 3.63) is 57.4 Å². The number of methoxy groups -OCH3 is 1. The first-order valence-electron chi connectivity index (χ1n) is 11.2. The van der Waals surface area contributed by atoms with Crippen molar-refractivity contribution < 1.29 is 14.9 Å². The van der Waals surface area contributed by atoms with Gasteiger partial charge in [-0.1, -0.05) is 23.4 Å². The Morgan fingerprint density at radius 1 is 1.30 bits per heavy atom. The molecule has 2 N–H and O–H groups in total. The van der Waals surface area contributed by atoms with Crippen LogP contribution < -0.4 is 4.74 Å². The number of rotatable bonds is 7. The first-order valence-corrected chi connectivity index (χ1v) is 12.5. The van der Waals surface area contributed by atoms with Crippen LogP contribution in [-0.2, 0) is 0 Å². The highest BCUT2D eigenvalue weighted by Gasteiger charge is 2.34. The standard InChI is InChI=1S/C26H29ClN2O3S/c1-32-20-4-5-23-21(15-20)25(22(27)16-28-23)24(31)6-8-26(18-30)9-12-29(13-10-26)11-2-3-19-7-14-33-17-19/h4-5,7,14-17,24,30-31H,6,8-13,18H2,1H3/t24-/m0/s1. The smallest absolute Gasteiger partial charge is 0.119 e. The van der Waals surface area contributed by atoms with E-state index in [0.717, 1.165) is 55.4 Å². The highest BCUT2D eigenvalue weighted by molar-refractivity contribution is 7.08. The molecule has 0 spiro atoms. The number of pyridine rings is 1. The average Bonchev–Trinajstić information content (AvgIpc) is 3.36. The van der Waals surface area contributed by atoms with E-state index in [0.29, 0.717) is 22.8 Å². The maximum absolute atomic E-state index is 11.1. The zero-order valence-corrected chi connectivity index (χ0v) is 20.3. The lowest BCUT2D eigenvalue weighted by Gasteiger charge is -2.40. The van der Waals surface area contributed by atoms with Crippen molar-refractivity contribution >= 4 is 33.8 Å². The van der Waals surface area contributed by atoms with Crippen LogP contribution in [0.1, 0.15) is 42.9 Å². The third-order valence-corrected chi connectivity index (χ3v) is 7.64. The first-order chi connectivity index (χ1) is 16.0. The summed E-state index contributed by atoms with van der Waals surface area (Å²) in [5, 5.41) is 26.7. The molecule has 0 unspecified atom stereocenters. The Bertz CT molecular complexity index is 1130. The lowest BCUT2D eigenvalue weighted by atomic mass is 9.74. The third-order valence-electron chi connectivity index (χ3n) is 6.66. The molecule has 1 aliphatic rings. The normalized spacial score (nSPS) is 16.8. The van der Waals surface area contributed by atoms with Gasteiger partial charge in [-0.05, 0) is 73.8 Å². The Morgan fingerprint density at radius 3 is 2.82 bits per heavy atom. The molecule has 33 heavy (non-hydrogen) atoms. The Kier molecular flexibility index (Phi) is 7.90. The number of benzene rings is 1. The van der Waals surface area contributed by atoms with Gasteiger partial charge >= 0.3 is 0 Å². The molecule has 3 aromatic rings. The molecule has 1 aliphatic heterocycles. The molecule has 4 rings (SSSR count). The number of halogens is 1. The van der Waals surface area contributed by atoms with Crippen LogP contribution in [0.15, 0.2) is 41.2 Å². The maximum atomic E-state index is 11.1. The molecule has 174 valence electrons. The average molecular weight is 485 g/mol. The van der Waals surface area contributed by atoms with Crippen molar-refractivity contribution in [3.8, 4) is 17.6 Å². The Hall–Kier alpha value is -2.14. The zero-order chi connectivity index (χ0) is 23.3. The van der Waals surface area contributed by atoms with E-state index in [1.165, 1.54) is 0 Å². The minimum atomic E-state index is -0.743. The van der Waals surface area contributed by atoms with Gasteiger partial charge in [0, 0.05) is 34.7 Å². The number of aromatic nitrogens is 1. The summed E-state index contributed by atoms with van der Waals surface area (Å²) in [5.74, 6) is 7.15. The SMILES string of the molecule is COc1ccc2ncc(Cl)c([C@@H](O)CCC3(CO)CCN(CC#Cc4ccsc4)CC3)c2c1. The number of hydrogen-bond donors (Lipinski definition) is 2. The second-order valence-corrected chi connectivity index (χ2v) is 9.89. The molecule has 0 radical (unpaired) electrons. The van der Waals surface area contributed by atoms with Gasteiger partial charge in [0.05, 0.1) is 30.3 Å². The minimum Gasteiger partial charge on any atom is -0.497 e. The van der Waals surface area contributed by atoms with Crippen LogP contribution in [-0.4, -0.2) is 53.4 Å². The van der Waals surface area contributed by atoms with Crippen LogP contribution in [0.3, 0.4) is 0 Å². The molecule has 7 heteroatoms. The van der Waals surface area contributed by atoms with E-state index in [9.17, 15) is 10.2 Å². The highest BCUT2D eigenvalue weighted by atomic mass is 35.5. The van der Waals surface area contributed by atoms with Crippen LogP contribution in [0.2, 0.25) is 5.02 Å². The second kappa shape index (κ2) is 10.9. The number of nitrogens with zero attached hydrogens (tertiary/aromatic N) is 2. The molecule has 0 aliphatic carbocycles. The number of hydrogen-bond acceptors (Lipinski definition) is 6. The molecule has 1 fully saturated rings. The van der Waals surface area contributed by atoms with Crippen molar-refractivity contribution in [2.24, 2.45) is 5.41 Å². The van der Waals surface area contributed by atoms with Crippen molar-refractivity contribution in [2.75, 3.05) is 33.4 Å². The van der Waals surface area contributed by atoms with Crippen LogP contribution in [0.5, 0.6) is 5.75 Å². The topological polar surface area (TPSA) is 65.8 Å². The summed E-state index contributed by atoms with van der Waals surface area (Å²) in [6.45, 7) is 2.64. The number of piperidine rings is 1. The molecule has 1 saturated heterocycles. The molecule has 0 saturated carbocycles. The Balaban J connectivity index is 1.39. The zero-order valence-electron chi connectivity index (χ0n) is 18.8. The van der Waals surface area contributed by atoms with E-state index in [2.05, 4.69) is 27.1 Å². The summed E-state index contributed by atoms with van der Waals surface area (Å²) in [6.07, 6.45) is 3.86. The fraction of sp³-hybridized carbons (Fsp3) is 0.423. The molecule has 5 nitrogen and oxygen atoms in total. The Morgan fingerprint density at radius 2 is 2.12 bits per heavy atom. The van der Waals surface area contributed by atoms with E-state index in [1.807, 2.05) is 29.6 Å². The summed E-state index contributed by atoms with van der Waals surface area (Å²) in [5.41, 5.74) is 2.32. The number of thiophene rings is 1. The van der Waals surface area contributed by atoms with Crippen molar-refractivity contribution in [3.63, 3.8) is 0 Å². The van der Waals surface area contributed by atoms with Gasteiger partial charge in [0.1, 0.15) is 5.75 Å². The fourth-order valence-corrected chi connectivity index (χ4v) is 5.35. The van der Waals surface area contributed by atoms with Gasteiger partial charge in [-0.2, -0.15) is 11.3 Å². The van der Waals surface area contributed by atoms with Crippen molar-refractivity contribution in [1.29, 1.82) is 0 Å². The molecule has 0 amide bonds.